The number of nitrogens with zero attached hydrogens (tertiary/aromatic N) is 1. The highest BCUT2D eigenvalue weighted by Gasteiger charge is 2.36. The highest BCUT2D eigenvalue weighted by atomic mass is 16.6. The summed E-state index contributed by atoms with van der Waals surface area (Å²) in [7, 11) is 1.65. The Morgan fingerprint density at radius 1 is 1.07 bits per heavy atom. The lowest BCUT2D eigenvalue weighted by Crippen LogP contribution is -2.30. The number of hydrogen-bond acceptors (Lipinski definition) is 4. The summed E-state index contributed by atoms with van der Waals surface area (Å²) in [5.41, 5.74) is 8.32. The van der Waals surface area contributed by atoms with Crippen molar-refractivity contribution in [1.82, 2.24) is 0 Å². The van der Waals surface area contributed by atoms with Crippen LogP contribution in [0.5, 0.6) is 17.2 Å². The minimum Gasteiger partial charge on any atom is -0.497 e. The van der Waals surface area contributed by atoms with Crippen molar-refractivity contribution in [2.45, 2.75) is 31.1 Å². The second-order valence-corrected chi connectivity index (χ2v) is 7.40. The minimum absolute atomic E-state index is 0.00203. The van der Waals surface area contributed by atoms with Crippen molar-refractivity contribution < 1.29 is 14.2 Å². The first-order chi connectivity index (χ1) is 13.7. The average molecular weight is 381 g/mol. The lowest BCUT2D eigenvalue weighted by atomic mass is 9.79. The Balaban J connectivity index is 1.50. The number of guanidine groups is 1. The number of hydrogen-bond donors (Lipinski definition) is 2. The molecule has 1 aliphatic heterocycles. The molecule has 3 N–H and O–H groups in total. The molecule has 0 amide bonds. The Morgan fingerprint density at radius 2 is 1.79 bits per heavy atom. The van der Waals surface area contributed by atoms with Gasteiger partial charge in [-0.2, -0.15) is 0 Å². The fourth-order valence-corrected chi connectivity index (χ4v) is 4.06. The summed E-state index contributed by atoms with van der Waals surface area (Å²) in [4.78, 5) is 4.68. The van der Waals surface area contributed by atoms with Gasteiger partial charge >= 0.3 is 0 Å². The molecule has 6 nitrogen and oxygen atoms in total. The maximum Gasteiger partial charge on any atom is 0.193 e. The van der Waals surface area contributed by atoms with E-state index in [-0.39, 0.29) is 5.41 Å². The first-order valence-corrected chi connectivity index (χ1v) is 9.80. The van der Waals surface area contributed by atoms with E-state index in [1.807, 2.05) is 30.3 Å². The van der Waals surface area contributed by atoms with E-state index in [9.17, 15) is 0 Å². The lowest BCUT2D eigenvalue weighted by Gasteiger charge is -2.29. The number of methoxy groups -OCH3 is 1. The summed E-state index contributed by atoms with van der Waals surface area (Å²) in [6.07, 6.45) is 4.61. The van der Waals surface area contributed by atoms with Crippen LogP contribution in [0.15, 0.2) is 47.5 Å². The Labute approximate surface area is 165 Å². The average Bonchev–Trinajstić information content (AvgIpc) is 3.23. The van der Waals surface area contributed by atoms with E-state index >= 15 is 0 Å². The van der Waals surface area contributed by atoms with Gasteiger partial charge in [0.2, 0.25) is 0 Å². The van der Waals surface area contributed by atoms with E-state index in [0.29, 0.717) is 25.7 Å². The quantitative estimate of drug-likeness (QED) is 0.610. The summed E-state index contributed by atoms with van der Waals surface area (Å²) >= 11 is 0. The van der Waals surface area contributed by atoms with Gasteiger partial charge in [-0.15, -0.1) is 0 Å². The molecule has 1 aliphatic carbocycles. The van der Waals surface area contributed by atoms with Crippen molar-refractivity contribution in [2.24, 2.45) is 10.7 Å². The molecule has 2 aromatic rings. The fraction of sp³-hybridized carbons (Fsp3) is 0.409. The molecule has 1 heterocycles. The van der Waals surface area contributed by atoms with Crippen molar-refractivity contribution >= 4 is 11.6 Å². The third-order valence-corrected chi connectivity index (χ3v) is 5.63. The van der Waals surface area contributed by atoms with Gasteiger partial charge in [0.1, 0.15) is 19.0 Å². The zero-order valence-electron chi connectivity index (χ0n) is 16.2. The number of nitrogens with one attached hydrogen (secondary N) is 1. The number of fused-ring (bicyclic) bond motifs is 1. The van der Waals surface area contributed by atoms with Crippen LogP contribution in [0.3, 0.4) is 0 Å². The molecule has 0 radical (unpaired) electrons. The number of rotatable bonds is 5. The Bertz CT molecular complexity index is 843. The molecule has 2 aromatic carbocycles. The van der Waals surface area contributed by atoms with E-state index < -0.39 is 0 Å². The number of anilines is 1. The fourth-order valence-electron chi connectivity index (χ4n) is 4.06. The SMILES string of the molecule is COc1ccc(NC(N)=NCC2(c3ccc4c(c3)OCCO4)CCCC2)cc1. The van der Waals surface area contributed by atoms with Crippen LogP contribution in [-0.2, 0) is 5.41 Å². The predicted molar refractivity (Wildman–Crippen MR) is 111 cm³/mol. The van der Waals surface area contributed by atoms with E-state index in [0.717, 1.165) is 35.8 Å². The van der Waals surface area contributed by atoms with Crippen molar-refractivity contribution in [3.63, 3.8) is 0 Å². The first-order valence-electron chi connectivity index (χ1n) is 9.80. The first kappa shape index (κ1) is 18.5. The topological polar surface area (TPSA) is 78.1 Å². The van der Waals surface area contributed by atoms with Crippen molar-refractivity contribution in [1.29, 1.82) is 0 Å². The zero-order chi connectivity index (χ0) is 19.4. The largest absolute Gasteiger partial charge is 0.497 e. The molecule has 4 rings (SSSR count). The molecule has 6 heteroatoms. The monoisotopic (exact) mass is 381 g/mol. The molecule has 0 aromatic heterocycles. The zero-order valence-corrected chi connectivity index (χ0v) is 16.2. The van der Waals surface area contributed by atoms with Gasteiger partial charge in [-0.05, 0) is 54.8 Å². The Hall–Kier alpha value is -2.89. The normalized spacial score (nSPS) is 18.0. The second-order valence-electron chi connectivity index (χ2n) is 7.40. The van der Waals surface area contributed by atoms with Crippen molar-refractivity contribution in [2.75, 3.05) is 32.2 Å². The van der Waals surface area contributed by atoms with E-state index in [1.165, 1.54) is 18.4 Å². The predicted octanol–water partition coefficient (Wildman–Crippen LogP) is 3.71. The highest BCUT2D eigenvalue weighted by Crippen LogP contribution is 2.44. The Morgan fingerprint density at radius 3 is 2.50 bits per heavy atom. The minimum atomic E-state index is 0.00203. The molecule has 0 spiro atoms. The molecular formula is C22H27N3O3. The number of nitrogens with two attached hydrogens (primary N) is 1. The molecule has 2 aliphatic rings. The van der Waals surface area contributed by atoms with Crippen LogP contribution >= 0.6 is 0 Å². The van der Waals surface area contributed by atoms with Crippen LogP contribution in [0.4, 0.5) is 5.69 Å². The number of benzene rings is 2. The third kappa shape index (κ3) is 3.86. The molecule has 28 heavy (non-hydrogen) atoms. The summed E-state index contributed by atoms with van der Waals surface area (Å²) in [6.45, 7) is 1.86. The molecular weight excluding hydrogens is 354 g/mol. The van der Waals surface area contributed by atoms with Crippen LogP contribution in [0.2, 0.25) is 0 Å². The van der Waals surface area contributed by atoms with Gasteiger partial charge in [0, 0.05) is 11.1 Å². The van der Waals surface area contributed by atoms with Crippen molar-refractivity contribution in [3.05, 3.63) is 48.0 Å². The lowest BCUT2D eigenvalue weighted by molar-refractivity contribution is 0.171. The van der Waals surface area contributed by atoms with Crippen LogP contribution in [0.1, 0.15) is 31.2 Å². The maximum atomic E-state index is 6.17. The van der Waals surface area contributed by atoms with Gasteiger partial charge in [0.25, 0.3) is 0 Å². The van der Waals surface area contributed by atoms with Crippen LogP contribution < -0.4 is 25.3 Å². The smallest absolute Gasteiger partial charge is 0.193 e. The van der Waals surface area contributed by atoms with Gasteiger partial charge in [-0.25, -0.2) is 0 Å². The van der Waals surface area contributed by atoms with Gasteiger partial charge in [0.15, 0.2) is 17.5 Å². The van der Waals surface area contributed by atoms with Gasteiger partial charge in [-0.1, -0.05) is 18.9 Å². The number of aliphatic imine (C=N–C) groups is 1. The van der Waals surface area contributed by atoms with Gasteiger partial charge in [0.05, 0.1) is 13.7 Å². The van der Waals surface area contributed by atoms with Crippen molar-refractivity contribution in [3.8, 4) is 17.2 Å². The van der Waals surface area contributed by atoms with E-state index in [4.69, 9.17) is 19.9 Å². The highest BCUT2D eigenvalue weighted by molar-refractivity contribution is 5.92. The molecule has 1 fully saturated rings. The maximum absolute atomic E-state index is 6.17. The standard InChI is InChI=1S/C22H27N3O3/c1-26-18-7-5-17(6-8-18)25-21(23)24-15-22(10-2-3-11-22)16-4-9-19-20(14-16)28-13-12-27-19/h4-9,14H,2-3,10-13,15H2,1H3,(H3,23,24,25). The molecule has 148 valence electrons. The summed E-state index contributed by atoms with van der Waals surface area (Å²) in [5, 5.41) is 3.16. The van der Waals surface area contributed by atoms with E-state index in [1.54, 1.807) is 7.11 Å². The molecule has 0 saturated heterocycles. The van der Waals surface area contributed by atoms with Crippen LogP contribution in [0.25, 0.3) is 0 Å². The van der Waals surface area contributed by atoms with Crippen LogP contribution in [0, 0.1) is 0 Å². The van der Waals surface area contributed by atoms with Crippen LogP contribution in [-0.4, -0.2) is 32.8 Å². The second kappa shape index (κ2) is 8.00. The summed E-state index contributed by atoms with van der Waals surface area (Å²) < 4.78 is 16.6. The molecule has 1 saturated carbocycles. The van der Waals surface area contributed by atoms with Gasteiger partial charge < -0.3 is 25.3 Å². The van der Waals surface area contributed by atoms with E-state index in [2.05, 4.69) is 22.4 Å². The Kier molecular flexibility index (Phi) is 5.28. The number of ether oxygens (including phenoxy) is 3. The molecule has 0 unspecified atom stereocenters. The summed E-state index contributed by atoms with van der Waals surface area (Å²) in [5.74, 6) is 2.90. The molecule has 0 bridgehead atoms. The summed E-state index contributed by atoms with van der Waals surface area (Å²) in [6, 6.07) is 13.9. The third-order valence-electron chi connectivity index (χ3n) is 5.63. The molecule has 0 atom stereocenters. The van der Waals surface area contributed by atoms with Gasteiger partial charge in [-0.3, -0.25) is 4.99 Å².